The van der Waals surface area contributed by atoms with Crippen LogP contribution in [0.1, 0.15) is 5.56 Å². The van der Waals surface area contributed by atoms with Gasteiger partial charge in [0.1, 0.15) is 5.52 Å². The summed E-state index contributed by atoms with van der Waals surface area (Å²) in [5.41, 5.74) is 7.73. The predicted octanol–water partition coefficient (Wildman–Crippen LogP) is 2.45. The van der Waals surface area contributed by atoms with Crippen molar-refractivity contribution in [3.05, 3.63) is 40.6 Å². The molecule has 0 aliphatic heterocycles. The summed E-state index contributed by atoms with van der Waals surface area (Å²) in [6.07, 6.45) is 0. The van der Waals surface area contributed by atoms with Crippen LogP contribution in [0.5, 0.6) is 0 Å². The minimum Gasteiger partial charge on any atom is -0.428 e. The van der Waals surface area contributed by atoms with E-state index in [2.05, 4.69) is 4.98 Å². The van der Waals surface area contributed by atoms with Crippen molar-refractivity contribution >= 4 is 38.0 Å². The summed E-state index contributed by atoms with van der Waals surface area (Å²) in [4.78, 5) is 3.99. The van der Waals surface area contributed by atoms with Crippen molar-refractivity contribution in [3.63, 3.8) is 0 Å². The lowest BCUT2D eigenvalue weighted by Crippen LogP contribution is -2.04. The maximum Gasteiger partial charge on any atom is 0.316 e. The minimum absolute atomic E-state index is 0.112. The highest BCUT2D eigenvalue weighted by molar-refractivity contribution is 7.90. The molecule has 3 rings (SSSR count). The van der Waals surface area contributed by atoms with E-state index in [0.717, 1.165) is 5.56 Å². The zero-order valence-corrected chi connectivity index (χ0v) is 11.4. The molecule has 2 N–H and O–H groups in total. The fourth-order valence-corrected chi connectivity index (χ4v) is 3.68. The van der Waals surface area contributed by atoms with Gasteiger partial charge in [0, 0.05) is 5.69 Å². The molecular weight excluding hydrogens is 284 g/mol. The van der Waals surface area contributed by atoms with Crippen molar-refractivity contribution in [2.24, 2.45) is 0 Å². The molecule has 0 aliphatic rings. The number of fused-ring (bicyclic) bond motifs is 1. The summed E-state index contributed by atoms with van der Waals surface area (Å²) < 4.78 is 29.6. The first-order valence-electron chi connectivity index (χ1n) is 5.44. The topological polar surface area (TPSA) is 86.2 Å². The normalized spacial score (nSPS) is 12.0. The largest absolute Gasteiger partial charge is 0.428 e. The molecule has 0 saturated heterocycles. The molecule has 7 heteroatoms. The van der Waals surface area contributed by atoms with Crippen LogP contribution in [-0.2, 0) is 15.6 Å². The molecule has 0 saturated carbocycles. The van der Waals surface area contributed by atoms with E-state index in [9.17, 15) is 8.42 Å². The molecule has 2 heterocycles. The zero-order valence-electron chi connectivity index (χ0n) is 9.74. The molecule has 0 fully saturated rings. The standard InChI is InChI=1S/C12H10N2O3S2/c13-9-1-2-11-10(5-9)14-12(17-11)19(15,16)7-8-3-4-18-6-8/h1-6H,7,13H2. The molecule has 2 aromatic heterocycles. The zero-order chi connectivity index (χ0) is 13.5. The summed E-state index contributed by atoms with van der Waals surface area (Å²) in [6, 6.07) is 6.61. The Morgan fingerprint density at radius 1 is 1.32 bits per heavy atom. The van der Waals surface area contributed by atoms with E-state index < -0.39 is 9.84 Å². The Hall–Kier alpha value is -1.86. The number of sulfone groups is 1. The summed E-state index contributed by atoms with van der Waals surface area (Å²) >= 11 is 1.45. The summed E-state index contributed by atoms with van der Waals surface area (Å²) in [7, 11) is -3.57. The first-order valence-corrected chi connectivity index (χ1v) is 8.04. The van der Waals surface area contributed by atoms with Gasteiger partial charge in [0.15, 0.2) is 5.58 Å². The van der Waals surface area contributed by atoms with Crippen molar-refractivity contribution in [2.45, 2.75) is 11.0 Å². The number of aromatic nitrogens is 1. The van der Waals surface area contributed by atoms with Gasteiger partial charge in [-0.05, 0) is 40.6 Å². The Morgan fingerprint density at radius 3 is 2.89 bits per heavy atom. The van der Waals surface area contributed by atoms with Crippen molar-refractivity contribution in [1.82, 2.24) is 4.98 Å². The number of nitrogen functional groups attached to an aromatic ring is 1. The third kappa shape index (κ3) is 2.34. The number of oxazole rings is 1. The monoisotopic (exact) mass is 294 g/mol. The summed E-state index contributed by atoms with van der Waals surface area (Å²) in [6.45, 7) is 0. The van der Waals surface area contributed by atoms with Crippen LogP contribution in [0.2, 0.25) is 0 Å². The molecule has 98 valence electrons. The smallest absolute Gasteiger partial charge is 0.316 e. The lowest BCUT2D eigenvalue weighted by Gasteiger charge is -1.96. The molecule has 1 aromatic carbocycles. The Kier molecular flexibility index (Phi) is 2.79. The summed E-state index contributed by atoms with van der Waals surface area (Å²) in [5.74, 6) is -0.112. The number of anilines is 1. The second kappa shape index (κ2) is 4.36. The lowest BCUT2D eigenvalue weighted by molar-refractivity contribution is 0.458. The van der Waals surface area contributed by atoms with Crippen LogP contribution in [0.4, 0.5) is 5.69 Å². The number of nitrogens with zero attached hydrogens (tertiary/aromatic N) is 1. The Balaban J connectivity index is 2.03. The molecular formula is C12H10N2O3S2. The third-order valence-corrected chi connectivity index (χ3v) is 4.75. The highest BCUT2D eigenvalue weighted by atomic mass is 32.2. The molecule has 5 nitrogen and oxygen atoms in total. The average Bonchev–Trinajstić information content (AvgIpc) is 2.96. The SMILES string of the molecule is Nc1ccc2oc(S(=O)(=O)Cc3ccsc3)nc2c1. The van der Waals surface area contributed by atoms with E-state index in [1.54, 1.807) is 29.6 Å². The maximum atomic E-state index is 12.2. The molecule has 0 amide bonds. The van der Waals surface area contributed by atoms with E-state index in [4.69, 9.17) is 10.2 Å². The molecule has 0 spiro atoms. The molecule has 19 heavy (non-hydrogen) atoms. The van der Waals surface area contributed by atoms with Gasteiger partial charge in [-0.1, -0.05) is 0 Å². The van der Waals surface area contributed by atoms with Crippen molar-refractivity contribution in [2.75, 3.05) is 5.73 Å². The van der Waals surface area contributed by atoms with Crippen LogP contribution in [-0.4, -0.2) is 13.4 Å². The van der Waals surface area contributed by atoms with E-state index in [-0.39, 0.29) is 11.0 Å². The van der Waals surface area contributed by atoms with Gasteiger partial charge >= 0.3 is 5.22 Å². The second-order valence-electron chi connectivity index (χ2n) is 4.10. The van der Waals surface area contributed by atoms with Crippen LogP contribution in [0.3, 0.4) is 0 Å². The van der Waals surface area contributed by atoms with Gasteiger partial charge in [0.2, 0.25) is 9.84 Å². The van der Waals surface area contributed by atoms with Gasteiger partial charge in [0.25, 0.3) is 0 Å². The first-order chi connectivity index (χ1) is 9.04. The Morgan fingerprint density at radius 2 is 2.16 bits per heavy atom. The van der Waals surface area contributed by atoms with E-state index in [1.807, 2.05) is 5.38 Å². The Labute approximate surface area is 113 Å². The molecule has 3 aromatic rings. The van der Waals surface area contributed by atoms with Crippen LogP contribution < -0.4 is 5.73 Å². The van der Waals surface area contributed by atoms with Gasteiger partial charge in [-0.2, -0.15) is 16.3 Å². The number of hydrogen-bond acceptors (Lipinski definition) is 6. The molecule has 0 bridgehead atoms. The number of rotatable bonds is 3. The molecule has 0 aliphatic carbocycles. The lowest BCUT2D eigenvalue weighted by atomic mass is 10.3. The minimum atomic E-state index is -3.57. The average molecular weight is 294 g/mol. The summed E-state index contributed by atoms with van der Waals surface area (Å²) in [5, 5.41) is 3.36. The van der Waals surface area contributed by atoms with E-state index >= 15 is 0 Å². The molecule has 0 radical (unpaired) electrons. The van der Waals surface area contributed by atoms with E-state index in [0.29, 0.717) is 16.8 Å². The number of nitrogens with two attached hydrogens (primary N) is 1. The first kappa shape index (κ1) is 12.2. The number of thiophene rings is 1. The molecule has 0 atom stereocenters. The van der Waals surface area contributed by atoms with Gasteiger partial charge in [-0.3, -0.25) is 0 Å². The van der Waals surface area contributed by atoms with Crippen LogP contribution >= 0.6 is 11.3 Å². The second-order valence-corrected chi connectivity index (χ2v) is 6.75. The highest BCUT2D eigenvalue weighted by Gasteiger charge is 2.22. The van der Waals surface area contributed by atoms with Crippen LogP contribution in [0, 0.1) is 0 Å². The maximum absolute atomic E-state index is 12.2. The number of hydrogen-bond donors (Lipinski definition) is 1. The van der Waals surface area contributed by atoms with Crippen LogP contribution in [0.15, 0.2) is 44.7 Å². The van der Waals surface area contributed by atoms with Gasteiger partial charge in [-0.15, -0.1) is 0 Å². The van der Waals surface area contributed by atoms with Crippen molar-refractivity contribution in [1.29, 1.82) is 0 Å². The van der Waals surface area contributed by atoms with Gasteiger partial charge in [-0.25, -0.2) is 8.42 Å². The highest BCUT2D eigenvalue weighted by Crippen LogP contribution is 2.23. The molecule has 0 unspecified atom stereocenters. The predicted molar refractivity (Wildman–Crippen MR) is 73.6 cm³/mol. The van der Waals surface area contributed by atoms with E-state index in [1.165, 1.54) is 11.3 Å². The van der Waals surface area contributed by atoms with Gasteiger partial charge in [0.05, 0.1) is 5.75 Å². The van der Waals surface area contributed by atoms with Gasteiger partial charge < -0.3 is 10.2 Å². The fourth-order valence-electron chi connectivity index (χ4n) is 1.71. The Bertz CT molecular complexity index is 820. The van der Waals surface area contributed by atoms with Crippen molar-refractivity contribution < 1.29 is 12.8 Å². The third-order valence-electron chi connectivity index (χ3n) is 2.59. The van der Waals surface area contributed by atoms with Crippen LogP contribution in [0.25, 0.3) is 11.1 Å². The fraction of sp³-hybridized carbons (Fsp3) is 0.0833. The quantitative estimate of drug-likeness (QED) is 0.750. The number of benzene rings is 1. The van der Waals surface area contributed by atoms with Crippen molar-refractivity contribution in [3.8, 4) is 0 Å².